The number of nitrogens with zero attached hydrogens (tertiary/aromatic N) is 2. The summed E-state index contributed by atoms with van der Waals surface area (Å²) >= 11 is 0. The smallest absolute Gasteiger partial charge is 0.422 e. The summed E-state index contributed by atoms with van der Waals surface area (Å²) in [7, 11) is 0. The molecule has 1 aromatic heterocycles. The number of hydrogen-bond donors (Lipinski definition) is 1. The number of rotatable bonds is 5. The van der Waals surface area contributed by atoms with E-state index in [2.05, 4.69) is 15.0 Å². The van der Waals surface area contributed by atoms with E-state index in [1.165, 1.54) is 18.3 Å². The number of pyridine rings is 1. The summed E-state index contributed by atoms with van der Waals surface area (Å²) in [6.45, 7) is 1.91. The number of hydrogen-bond acceptors (Lipinski definition) is 4. The topological polar surface area (TPSA) is 54.5 Å². The molecule has 1 atom stereocenters. The number of ether oxygens (including phenoxy) is 1. The molecule has 0 saturated carbocycles. The van der Waals surface area contributed by atoms with Gasteiger partial charge in [-0.2, -0.15) is 13.2 Å². The summed E-state index contributed by atoms with van der Waals surface area (Å²) in [5.41, 5.74) is 0.555. The molecule has 1 N–H and O–H groups in total. The van der Waals surface area contributed by atoms with Crippen molar-refractivity contribution in [2.75, 3.05) is 25.0 Å². The molecule has 1 aliphatic rings. The Labute approximate surface area is 126 Å². The van der Waals surface area contributed by atoms with Crippen LogP contribution in [0.25, 0.3) is 0 Å². The molecule has 0 bridgehead atoms. The van der Waals surface area contributed by atoms with Gasteiger partial charge < -0.3 is 15.0 Å². The highest BCUT2D eigenvalue weighted by atomic mass is 19.4. The SMILES string of the molecule is C[C@H](Nc1ccc(OCC(F)(F)F)nc1)C(=O)N1CCCC1. The van der Waals surface area contributed by atoms with E-state index in [9.17, 15) is 18.0 Å². The van der Waals surface area contributed by atoms with E-state index in [1.54, 1.807) is 11.8 Å². The highest BCUT2D eigenvalue weighted by Crippen LogP contribution is 2.18. The van der Waals surface area contributed by atoms with Gasteiger partial charge in [-0.15, -0.1) is 0 Å². The largest absolute Gasteiger partial charge is 0.468 e. The van der Waals surface area contributed by atoms with Gasteiger partial charge in [-0.05, 0) is 25.8 Å². The summed E-state index contributed by atoms with van der Waals surface area (Å²) in [6, 6.07) is 2.45. The molecule has 5 nitrogen and oxygen atoms in total. The molecule has 0 radical (unpaired) electrons. The van der Waals surface area contributed by atoms with Crippen LogP contribution < -0.4 is 10.1 Å². The molecule has 2 rings (SSSR count). The van der Waals surface area contributed by atoms with Crippen molar-refractivity contribution in [1.82, 2.24) is 9.88 Å². The number of amides is 1. The average Bonchev–Trinajstić information content (AvgIpc) is 2.99. The Morgan fingerprint density at radius 2 is 2.09 bits per heavy atom. The molecule has 1 saturated heterocycles. The molecular formula is C14H18F3N3O2. The van der Waals surface area contributed by atoms with Crippen molar-refractivity contribution < 1.29 is 22.7 Å². The molecule has 0 spiro atoms. The van der Waals surface area contributed by atoms with Gasteiger partial charge in [0.05, 0.1) is 11.9 Å². The molecule has 1 fully saturated rings. The zero-order chi connectivity index (χ0) is 16.2. The number of aromatic nitrogens is 1. The Morgan fingerprint density at radius 1 is 1.41 bits per heavy atom. The number of nitrogens with one attached hydrogen (secondary N) is 1. The number of carbonyl (C=O) groups is 1. The van der Waals surface area contributed by atoms with Gasteiger partial charge in [0.15, 0.2) is 6.61 Å². The zero-order valence-corrected chi connectivity index (χ0v) is 12.2. The fraction of sp³-hybridized carbons (Fsp3) is 0.571. The number of alkyl halides is 3. The lowest BCUT2D eigenvalue weighted by Gasteiger charge is -2.21. The first kappa shape index (κ1) is 16.4. The lowest BCUT2D eigenvalue weighted by atomic mass is 10.2. The first-order valence-electron chi connectivity index (χ1n) is 7.06. The van der Waals surface area contributed by atoms with E-state index in [0.29, 0.717) is 5.69 Å². The summed E-state index contributed by atoms with van der Waals surface area (Å²) in [5, 5.41) is 2.99. The Balaban J connectivity index is 1.86. The summed E-state index contributed by atoms with van der Waals surface area (Å²) < 4.78 is 40.6. The fourth-order valence-corrected chi connectivity index (χ4v) is 2.23. The molecule has 2 heterocycles. The molecule has 1 aromatic rings. The Bertz CT molecular complexity index is 499. The molecule has 0 aliphatic carbocycles. The Morgan fingerprint density at radius 3 is 2.64 bits per heavy atom. The fourth-order valence-electron chi connectivity index (χ4n) is 2.23. The minimum absolute atomic E-state index is 0.00916. The van der Waals surface area contributed by atoms with Crippen LogP contribution in [-0.4, -0.2) is 47.7 Å². The van der Waals surface area contributed by atoms with Crippen LogP contribution in [0.15, 0.2) is 18.3 Å². The van der Waals surface area contributed by atoms with Crippen LogP contribution in [0.3, 0.4) is 0 Å². The number of halogens is 3. The molecule has 8 heteroatoms. The van der Waals surface area contributed by atoms with Crippen LogP contribution in [-0.2, 0) is 4.79 Å². The van der Waals surface area contributed by atoms with Crippen LogP contribution in [0.4, 0.5) is 18.9 Å². The van der Waals surface area contributed by atoms with Crippen molar-refractivity contribution in [2.45, 2.75) is 32.0 Å². The third kappa shape index (κ3) is 4.78. The van der Waals surface area contributed by atoms with Crippen molar-refractivity contribution in [3.63, 3.8) is 0 Å². The maximum absolute atomic E-state index is 12.1. The maximum Gasteiger partial charge on any atom is 0.422 e. The minimum Gasteiger partial charge on any atom is -0.468 e. The number of carbonyl (C=O) groups excluding carboxylic acids is 1. The van der Waals surface area contributed by atoms with Gasteiger partial charge in [-0.3, -0.25) is 4.79 Å². The first-order valence-corrected chi connectivity index (χ1v) is 7.06. The molecule has 1 amide bonds. The van der Waals surface area contributed by atoms with E-state index < -0.39 is 18.8 Å². The highest BCUT2D eigenvalue weighted by molar-refractivity contribution is 5.84. The standard InChI is InChI=1S/C14H18F3N3O2/c1-10(13(21)20-6-2-3-7-20)19-11-4-5-12(18-8-11)22-9-14(15,16)17/h4-5,8,10,19H,2-3,6-7,9H2,1H3/t10-/m0/s1. The highest BCUT2D eigenvalue weighted by Gasteiger charge is 2.28. The van der Waals surface area contributed by atoms with Crippen molar-refractivity contribution in [1.29, 1.82) is 0 Å². The van der Waals surface area contributed by atoms with Crippen molar-refractivity contribution >= 4 is 11.6 Å². The van der Waals surface area contributed by atoms with Crippen molar-refractivity contribution in [3.05, 3.63) is 18.3 Å². The van der Waals surface area contributed by atoms with E-state index in [1.807, 2.05) is 0 Å². The number of anilines is 1. The second-order valence-corrected chi connectivity index (χ2v) is 5.19. The van der Waals surface area contributed by atoms with Crippen LogP contribution in [0.2, 0.25) is 0 Å². The summed E-state index contributed by atoms with van der Waals surface area (Å²) in [5.74, 6) is -0.101. The van der Waals surface area contributed by atoms with Gasteiger partial charge in [-0.25, -0.2) is 4.98 Å². The first-order chi connectivity index (χ1) is 10.3. The third-order valence-corrected chi connectivity index (χ3v) is 3.29. The predicted molar refractivity (Wildman–Crippen MR) is 74.7 cm³/mol. The third-order valence-electron chi connectivity index (χ3n) is 3.29. The second-order valence-electron chi connectivity index (χ2n) is 5.19. The average molecular weight is 317 g/mol. The zero-order valence-electron chi connectivity index (χ0n) is 12.2. The normalized spacial score (nSPS) is 16.5. The lowest BCUT2D eigenvalue weighted by molar-refractivity contribution is -0.154. The van der Waals surface area contributed by atoms with Gasteiger partial charge in [0.2, 0.25) is 11.8 Å². The van der Waals surface area contributed by atoms with E-state index in [-0.39, 0.29) is 11.8 Å². The monoisotopic (exact) mass is 317 g/mol. The number of likely N-dealkylation sites (tertiary alicyclic amines) is 1. The molecule has 1 aliphatic heterocycles. The van der Waals surface area contributed by atoms with Crippen LogP contribution >= 0.6 is 0 Å². The summed E-state index contributed by atoms with van der Waals surface area (Å²) in [6.07, 6.45) is -1.01. The molecule has 122 valence electrons. The molecule has 22 heavy (non-hydrogen) atoms. The predicted octanol–water partition coefficient (Wildman–Crippen LogP) is 2.45. The Kier molecular flexibility index (Phi) is 5.10. The van der Waals surface area contributed by atoms with Gasteiger partial charge >= 0.3 is 6.18 Å². The maximum atomic E-state index is 12.1. The van der Waals surface area contributed by atoms with E-state index in [0.717, 1.165) is 25.9 Å². The van der Waals surface area contributed by atoms with Crippen molar-refractivity contribution in [3.8, 4) is 5.88 Å². The Hall–Kier alpha value is -1.99. The molecule has 0 aromatic carbocycles. The second kappa shape index (κ2) is 6.85. The quantitative estimate of drug-likeness (QED) is 0.906. The molecule has 0 unspecified atom stereocenters. The van der Waals surface area contributed by atoms with Gasteiger partial charge in [0, 0.05) is 19.2 Å². The van der Waals surface area contributed by atoms with Crippen LogP contribution in [0.1, 0.15) is 19.8 Å². The minimum atomic E-state index is -4.39. The van der Waals surface area contributed by atoms with Gasteiger partial charge in [0.1, 0.15) is 6.04 Å². The van der Waals surface area contributed by atoms with Crippen LogP contribution in [0, 0.1) is 0 Å². The summed E-state index contributed by atoms with van der Waals surface area (Å²) in [4.78, 5) is 17.7. The van der Waals surface area contributed by atoms with Crippen molar-refractivity contribution in [2.24, 2.45) is 0 Å². The van der Waals surface area contributed by atoms with E-state index in [4.69, 9.17) is 0 Å². The van der Waals surface area contributed by atoms with Gasteiger partial charge in [0.25, 0.3) is 0 Å². The molecular weight excluding hydrogens is 299 g/mol. The van der Waals surface area contributed by atoms with Crippen LogP contribution in [0.5, 0.6) is 5.88 Å². The lowest BCUT2D eigenvalue weighted by Crippen LogP contribution is -2.39. The van der Waals surface area contributed by atoms with E-state index >= 15 is 0 Å². The van der Waals surface area contributed by atoms with Gasteiger partial charge in [-0.1, -0.05) is 0 Å².